The third-order valence-electron chi connectivity index (χ3n) is 3.94. The minimum absolute atomic E-state index is 1.09. The van der Waals surface area contributed by atoms with Crippen molar-refractivity contribution in [3.8, 4) is 11.3 Å². The summed E-state index contributed by atoms with van der Waals surface area (Å²) in [6, 6.07) is 22.8. The van der Waals surface area contributed by atoms with E-state index in [9.17, 15) is 0 Å². The second kappa shape index (κ2) is 5.93. The van der Waals surface area contributed by atoms with Crippen molar-refractivity contribution in [3.63, 3.8) is 0 Å². The second-order valence-corrected chi connectivity index (χ2v) is 5.44. The van der Waals surface area contributed by atoms with Crippen LogP contribution in [0.3, 0.4) is 0 Å². The number of aromatic amines is 1. The highest BCUT2D eigenvalue weighted by molar-refractivity contribution is 5.98. The summed E-state index contributed by atoms with van der Waals surface area (Å²) in [4.78, 5) is 7.72. The molecule has 0 unspecified atom stereocenters. The standard InChI is InChI=1S/C21H16N2/c1-2-8-17(9-3-1)21-19(13-12-16-7-6-14-22-15-16)18-10-4-5-11-20(18)23-21/h1-15,23H/b13-12+. The van der Waals surface area contributed by atoms with Gasteiger partial charge >= 0.3 is 0 Å². The summed E-state index contributed by atoms with van der Waals surface area (Å²) in [5, 5.41) is 1.23. The summed E-state index contributed by atoms with van der Waals surface area (Å²) >= 11 is 0. The highest BCUT2D eigenvalue weighted by Gasteiger charge is 2.10. The summed E-state index contributed by atoms with van der Waals surface area (Å²) < 4.78 is 0. The Morgan fingerprint density at radius 1 is 0.783 bits per heavy atom. The van der Waals surface area contributed by atoms with Gasteiger partial charge in [-0.05, 0) is 23.3 Å². The van der Waals surface area contributed by atoms with Crippen LogP contribution in [0.5, 0.6) is 0 Å². The molecular weight excluding hydrogens is 280 g/mol. The third-order valence-corrected chi connectivity index (χ3v) is 3.94. The first-order valence-corrected chi connectivity index (χ1v) is 7.66. The maximum atomic E-state index is 4.17. The molecular formula is C21H16N2. The molecule has 110 valence electrons. The van der Waals surface area contributed by atoms with Gasteiger partial charge in [0.05, 0.1) is 5.69 Å². The molecule has 0 amide bonds. The first kappa shape index (κ1) is 13.5. The Kier molecular flexibility index (Phi) is 3.49. The van der Waals surface area contributed by atoms with Crippen LogP contribution in [0.1, 0.15) is 11.1 Å². The van der Waals surface area contributed by atoms with Crippen LogP contribution in [-0.4, -0.2) is 9.97 Å². The van der Waals surface area contributed by atoms with Crippen molar-refractivity contribution < 1.29 is 0 Å². The topological polar surface area (TPSA) is 28.7 Å². The van der Waals surface area contributed by atoms with Gasteiger partial charge in [0.2, 0.25) is 0 Å². The first-order valence-electron chi connectivity index (χ1n) is 7.66. The zero-order valence-corrected chi connectivity index (χ0v) is 12.6. The van der Waals surface area contributed by atoms with E-state index in [1.807, 2.05) is 18.3 Å². The number of nitrogens with zero attached hydrogens (tertiary/aromatic N) is 1. The molecule has 23 heavy (non-hydrogen) atoms. The van der Waals surface area contributed by atoms with E-state index < -0.39 is 0 Å². The lowest BCUT2D eigenvalue weighted by Gasteiger charge is -2.01. The van der Waals surface area contributed by atoms with Crippen molar-refractivity contribution in [2.24, 2.45) is 0 Å². The number of hydrogen-bond acceptors (Lipinski definition) is 1. The van der Waals surface area contributed by atoms with Crippen LogP contribution in [0.4, 0.5) is 0 Å². The zero-order chi connectivity index (χ0) is 15.5. The molecule has 0 saturated heterocycles. The molecule has 2 heteroatoms. The number of fused-ring (bicyclic) bond motifs is 1. The molecule has 1 N–H and O–H groups in total. The molecule has 2 heterocycles. The van der Waals surface area contributed by atoms with Gasteiger partial charge in [-0.15, -0.1) is 0 Å². The van der Waals surface area contributed by atoms with Crippen molar-refractivity contribution in [1.82, 2.24) is 9.97 Å². The summed E-state index contributed by atoms with van der Waals surface area (Å²) in [6.45, 7) is 0. The van der Waals surface area contributed by atoms with E-state index >= 15 is 0 Å². The maximum Gasteiger partial charge on any atom is 0.0538 e. The van der Waals surface area contributed by atoms with E-state index in [0.29, 0.717) is 0 Å². The van der Waals surface area contributed by atoms with Crippen molar-refractivity contribution >= 4 is 23.1 Å². The van der Waals surface area contributed by atoms with Gasteiger partial charge in [0.25, 0.3) is 0 Å². The normalized spacial score (nSPS) is 11.3. The van der Waals surface area contributed by atoms with Gasteiger partial charge in [-0.25, -0.2) is 0 Å². The van der Waals surface area contributed by atoms with Gasteiger partial charge < -0.3 is 4.98 Å². The second-order valence-electron chi connectivity index (χ2n) is 5.44. The predicted molar refractivity (Wildman–Crippen MR) is 96.9 cm³/mol. The lowest BCUT2D eigenvalue weighted by molar-refractivity contribution is 1.32. The van der Waals surface area contributed by atoms with E-state index in [1.165, 1.54) is 16.5 Å². The molecule has 0 saturated carbocycles. The number of hydrogen-bond donors (Lipinski definition) is 1. The fourth-order valence-corrected chi connectivity index (χ4v) is 2.82. The molecule has 4 aromatic rings. The smallest absolute Gasteiger partial charge is 0.0538 e. The van der Waals surface area contributed by atoms with Crippen LogP contribution < -0.4 is 0 Å². The minimum Gasteiger partial charge on any atom is -0.354 e. The van der Waals surface area contributed by atoms with Crippen LogP contribution >= 0.6 is 0 Å². The summed E-state index contributed by atoms with van der Waals surface area (Å²) in [7, 11) is 0. The van der Waals surface area contributed by atoms with Gasteiger partial charge in [-0.3, -0.25) is 4.98 Å². The van der Waals surface area contributed by atoms with Crippen molar-refractivity contribution in [3.05, 3.63) is 90.3 Å². The lowest BCUT2D eigenvalue weighted by atomic mass is 10.0. The predicted octanol–water partition coefficient (Wildman–Crippen LogP) is 5.40. The van der Waals surface area contributed by atoms with Crippen molar-refractivity contribution in [1.29, 1.82) is 0 Å². The molecule has 4 rings (SSSR count). The van der Waals surface area contributed by atoms with Crippen LogP contribution in [0, 0.1) is 0 Å². The number of nitrogens with one attached hydrogen (secondary N) is 1. The fraction of sp³-hybridized carbons (Fsp3) is 0. The number of aromatic nitrogens is 2. The maximum absolute atomic E-state index is 4.17. The average molecular weight is 296 g/mol. The van der Waals surface area contributed by atoms with Crippen molar-refractivity contribution in [2.45, 2.75) is 0 Å². The van der Waals surface area contributed by atoms with E-state index in [-0.39, 0.29) is 0 Å². The Morgan fingerprint density at radius 3 is 2.43 bits per heavy atom. The zero-order valence-electron chi connectivity index (χ0n) is 12.6. The molecule has 0 aliphatic heterocycles. The van der Waals surface area contributed by atoms with Crippen LogP contribution in [0.15, 0.2) is 79.1 Å². The molecule has 0 bridgehead atoms. The fourth-order valence-electron chi connectivity index (χ4n) is 2.82. The van der Waals surface area contributed by atoms with Crippen molar-refractivity contribution in [2.75, 3.05) is 0 Å². The van der Waals surface area contributed by atoms with E-state index in [0.717, 1.165) is 16.8 Å². The summed E-state index contributed by atoms with van der Waals surface area (Å²) in [6.07, 6.45) is 7.93. The number of H-pyrrole nitrogens is 1. The van der Waals surface area contributed by atoms with Crippen LogP contribution in [0.25, 0.3) is 34.3 Å². The van der Waals surface area contributed by atoms with Crippen LogP contribution in [0.2, 0.25) is 0 Å². The molecule has 2 nitrogen and oxygen atoms in total. The van der Waals surface area contributed by atoms with Gasteiger partial charge in [0, 0.05) is 28.9 Å². The Hall–Kier alpha value is -3.13. The first-order chi connectivity index (χ1) is 11.4. The number of pyridine rings is 1. The highest BCUT2D eigenvalue weighted by Crippen LogP contribution is 2.31. The summed E-state index contributed by atoms with van der Waals surface area (Å²) in [5.74, 6) is 0. The van der Waals surface area contributed by atoms with Crippen LogP contribution in [-0.2, 0) is 0 Å². The van der Waals surface area contributed by atoms with Gasteiger partial charge in [-0.1, -0.05) is 66.7 Å². The average Bonchev–Trinajstić information content (AvgIpc) is 3.00. The minimum atomic E-state index is 1.09. The number of benzene rings is 2. The van der Waals surface area contributed by atoms with E-state index in [4.69, 9.17) is 0 Å². The summed E-state index contributed by atoms with van der Waals surface area (Å²) in [5.41, 5.74) is 5.78. The van der Waals surface area contributed by atoms with Gasteiger partial charge in [-0.2, -0.15) is 0 Å². The number of rotatable bonds is 3. The van der Waals surface area contributed by atoms with E-state index in [1.54, 1.807) is 6.20 Å². The molecule has 0 atom stereocenters. The molecule has 0 aliphatic rings. The Labute approximate surface area is 135 Å². The monoisotopic (exact) mass is 296 g/mol. The van der Waals surface area contributed by atoms with Gasteiger partial charge in [0.1, 0.15) is 0 Å². The largest absolute Gasteiger partial charge is 0.354 e. The number of para-hydroxylation sites is 1. The highest BCUT2D eigenvalue weighted by atomic mass is 14.7. The Morgan fingerprint density at radius 2 is 1.61 bits per heavy atom. The quantitative estimate of drug-likeness (QED) is 0.538. The lowest BCUT2D eigenvalue weighted by Crippen LogP contribution is -1.80. The third kappa shape index (κ3) is 2.67. The molecule has 0 spiro atoms. The molecule has 2 aromatic carbocycles. The molecule has 0 radical (unpaired) electrons. The van der Waals surface area contributed by atoms with Gasteiger partial charge in [0.15, 0.2) is 0 Å². The molecule has 0 aliphatic carbocycles. The Bertz CT molecular complexity index is 951. The molecule has 0 fully saturated rings. The SMILES string of the molecule is C(=C\c1c(-c2ccccc2)[nH]c2ccccc12)/c1cccnc1. The Balaban J connectivity index is 1.88. The van der Waals surface area contributed by atoms with E-state index in [2.05, 4.69) is 76.7 Å². The molecule has 2 aromatic heterocycles.